The van der Waals surface area contributed by atoms with Crippen LogP contribution in [0.1, 0.15) is 54.4 Å². The Morgan fingerprint density at radius 1 is 1.06 bits per heavy atom. The molecule has 0 aromatic rings. The normalized spacial score (nSPS) is 18.2. The average Bonchev–Trinajstić information content (AvgIpc) is 2.12. The number of nitrogens with one attached hydrogen (secondary N) is 1. The van der Waals surface area contributed by atoms with Crippen molar-refractivity contribution in [1.29, 1.82) is 0 Å². The van der Waals surface area contributed by atoms with E-state index in [1.54, 1.807) is 0 Å². The van der Waals surface area contributed by atoms with E-state index in [4.69, 9.17) is 0 Å². The first-order valence-electron chi connectivity index (χ1n) is 6.63. The molecule has 0 saturated carbocycles. The fraction of sp³-hybridized carbons (Fsp3) is 1.00. The van der Waals surface area contributed by atoms with Gasteiger partial charge in [0.2, 0.25) is 0 Å². The standard InChI is InChI=1S/C14H32N2/c1-11(2)14(6,15-12(3)4)10-9-13(5)16(7)8/h11-13,15H,9-10H2,1-8H3. The Balaban J connectivity index is 4.34. The summed E-state index contributed by atoms with van der Waals surface area (Å²) >= 11 is 0. The minimum Gasteiger partial charge on any atom is -0.309 e. The van der Waals surface area contributed by atoms with Gasteiger partial charge in [0.05, 0.1) is 0 Å². The number of rotatable bonds is 7. The second-order valence-electron chi connectivity index (χ2n) is 6.22. The quantitative estimate of drug-likeness (QED) is 0.720. The van der Waals surface area contributed by atoms with E-state index in [1.807, 2.05) is 0 Å². The topological polar surface area (TPSA) is 15.3 Å². The number of hydrogen-bond acceptors (Lipinski definition) is 2. The lowest BCUT2D eigenvalue weighted by atomic mass is 9.82. The van der Waals surface area contributed by atoms with Crippen molar-refractivity contribution in [2.24, 2.45) is 5.92 Å². The van der Waals surface area contributed by atoms with Gasteiger partial charge in [0, 0.05) is 17.6 Å². The van der Waals surface area contributed by atoms with Crippen LogP contribution in [0.5, 0.6) is 0 Å². The molecule has 2 atom stereocenters. The Labute approximate surface area is 103 Å². The lowest BCUT2D eigenvalue weighted by molar-refractivity contribution is 0.193. The Morgan fingerprint density at radius 3 is 1.88 bits per heavy atom. The van der Waals surface area contributed by atoms with Crippen molar-refractivity contribution in [3.8, 4) is 0 Å². The van der Waals surface area contributed by atoms with Gasteiger partial charge in [-0.2, -0.15) is 0 Å². The van der Waals surface area contributed by atoms with Crippen LogP contribution < -0.4 is 5.32 Å². The minimum absolute atomic E-state index is 0.262. The van der Waals surface area contributed by atoms with Crippen LogP contribution in [-0.4, -0.2) is 36.6 Å². The maximum Gasteiger partial charge on any atom is 0.0179 e. The van der Waals surface area contributed by atoms with E-state index in [0.29, 0.717) is 18.0 Å². The van der Waals surface area contributed by atoms with Crippen LogP contribution >= 0.6 is 0 Å². The Hall–Kier alpha value is -0.0800. The van der Waals surface area contributed by atoms with Gasteiger partial charge in [-0.1, -0.05) is 27.7 Å². The van der Waals surface area contributed by atoms with Crippen molar-refractivity contribution >= 4 is 0 Å². The summed E-state index contributed by atoms with van der Waals surface area (Å²) < 4.78 is 0. The monoisotopic (exact) mass is 228 g/mol. The SMILES string of the molecule is CC(C)NC(C)(CCC(C)N(C)C)C(C)C. The van der Waals surface area contributed by atoms with E-state index in [2.05, 4.69) is 65.9 Å². The maximum absolute atomic E-state index is 3.73. The second kappa shape index (κ2) is 6.61. The third-order valence-electron chi connectivity index (χ3n) is 3.86. The van der Waals surface area contributed by atoms with E-state index < -0.39 is 0 Å². The van der Waals surface area contributed by atoms with Crippen LogP contribution in [0.25, 0.3) is 0 Å². The third-order valence-corrected chi connectivity index (χ3v) is 3.86. The van der Waals surface area contributed by atoms with Gasteiger partial charge in [0.15, 0.2) is 0 Å². The van der Waals surface area contributed by atoms with E-state index in [-0.39, 0.29) is 5.54 Å². The van der Waals surface area contributed by atoms with Crippen molar-refractivity contribution in [2.75, 3.05) is 14.1 Å². The maximum atomic E-state index is 3.73. The van der Waals surface area contributed by atoms with Gasteiger partial charge in [-0.15, -0.1) is 0 Å². The van der Waals surface area contributed by atoms with Crippen LogP contribution in [0.2, 0.25) is 0 Å². The van der Waals surface area contributed by atoms with Gasteiger partial charge in [-0.25, -0.2) is 0 Å². The first-order valence-corrected chi connectivity index (χ1v) is 6.63. The molecule has 0 aromatic carbocycles. The summed E-state index contributed by atoms with van der Waals surface area (Å²) in [5.74, 6) is 0.671. The fourth-order valence-corrected chi connectivity index (χ4v) is 1.95. The Kier molecular flexibility index (Phi) is 6.57. The number of nitrogens with zero attached hydrogens (tertiary/aromatic N) is 1. The zero-order chi connectivity index (χ0) is 12.9. The van der Waals surface area contributed by atoms with Crippen LogP contribution in [0.3, 0.4) is 0 Å². The molecule has 16 heavy (non-hydrogen) atoms. The second-order valence-corrected chi connectivity index (χ2v) is 6.22. The molecule has 2 unspecified atom stereocenters. The zero-order valence-corrected chi connectivity index (χ0v) is 12.6. The van der Waals surface area contributed by atoms with Crippen LogP contribution in [-0.2, 0) is 0 Å². The lowest BCUT2D eigenvalue weighted by Crippen LogP contribution is -2.50. The summed E-state index contributed by atoms with van der Waals surface area (Å²) in [6.07, 6.45) is 2.49. The van der Waals surface area contributed by atoms with Crippen LogP contribution in [0, 0.1) is 5.92 Å². The van der Waals surface area contributed by atoms with Crippen molar-refractivity contribution < 1.29 is 0 Å². The first-order chi connectivity index (χ1) is 7.19. The molecule has 0 bridgehead atoms. The highest BCUT2D eigenvalue weighted by Crippen LogP contribution is 2.24. The fourth-order valence-electron chi connectivity index (χ4n) is 1.95. The predicted molar refractivity (Wildman–Crippen MR) is 73.9 cm³/mol. The average molecular weight is 228 g/mol. The molecule has 98 valence electrons. The molecule has 0 aliphatic heterocycles. The van der Waals surface area contributed by atoms with Gasteiger partial charge in [0.25, 0.3) is 0 Å². The predicted octanol–water partition coefficient (Wildman–Crippen LogP) is 3.13. The molecule has 0 heterocycles. The zero-order valence-electron chi connectivity index (χ0n) is 12.6. The summed E-state index contributed by atoms with van der Waals surface area (Å²) in [5.41, 5.74) is 0.262. The molecular weight excluding hydrogens is 196 g/mol. The molecular formula is C14H32N2. The third kappa shape index (κ3) is 5.31. The molecule has 0 aliphatic carbocycles. The van der Waals surface area contributed by atoms with E-state index in [9.17, 15) is 0 Å². The minimum atomic E-state index is 0.262. The molecule has 0 spiro atoms. The summed E-state index contributed by atoms with van der Waals surface area (Å²) in [6.45, 7) is 13.8. The highest BCUT2D eigenvalue weighted by Gasteiger charge is 2.28. The summed E-state index contributed by atoms with van der Waals surface area (Å²) in [5, 5.41) is 3.73. The molecule has 0 aliphatic rings. The van der Waals surface area contributed by atoms with Gasteiger partial charge in [0.1, 0.15) is 0 Å². The van der Waals surface area contributed by atoms with Gasteiger partial charge in [-0.05, 0) is 46.7 Å². The highest BCUT2D eigenvalue weighted by molar-refractivity contribution is 4.88. The molecule has 0 radical (unpaired) electrons. The molecule has 0 rings (SSSR count). The van der Waals surface area contributed by atoms with Gasteiger partial charge < -0.3 is 10.2 Å². The van der Waals surface area contributed by atoms with E-state index >= 15 is 0 Å². The Bertz CT molecular complexity index is 187. The summed E-state index contributed by atoms with van der Waals surface area (Å²) in [4.78, 5) is 2.30. The summed E-state index contributed by atoms with van der Waals surface area (Å²) in [7, 11) is 4.32. The van der Waals surface area contributed by atoms with E-state index in [0.717, 1.165) is 0 Å². The van der Waals surface area contributed by atoms with Crippen LogP contribution in [0.15, 0.2) is 0 Å². The van der Waals surface area contributed by atoms with Crippen molar-refractivity contribution in [2.45, 2.75) is 72.0 Å². The molecule has 0 saturated heterocycles. The lowest BCUT2D eigenvalue weighted by Gasteiger charge is -2.38. The first kappa shape index (κ1) is 15.9. The van der Waals surface area contributed by atoms with E-state index in [1.165, 1.54) is 12.8 Å². The molecule has 0 amide bonds. The molecule has 0 fully saturated rings. The van der Waals surface area contributed by atoms with Crippen molar-refractivity contribution in [3.05, 3.63) is 0 Å². The smallest absolute Gasteiger partial charge is 0.0179 e. The molecule has 2 nitrogen and oxygen atoms in total. The number of hydrogen-bond donors (Lipinski definition) is 1. The Morgan fingerprint density at radius 2 is 1.56 bits per heavy atom. The highest BCUT2D eigenvalue weighted by atomic mass is 15.1. The largest absolute Gasteiger partial charge is 0.309 e. The van der Waals surface area contributed by atoms with Crippen LogP contribution in [0.4, 0.5) is 0 Å². The van der Waals surface area contributed by atoms with Gasteiger partial charge >= 0.3 is 0 Å². The van der Waals surface area contributed by atoms with Gasteiger partial charge in [-0.3, -0.25) is 0 Å². The summed E-state index contributed by atoms with van der Waals surface area (Å²) in [6, 6.07) is 1.22. The molecule has 0 aromatic heterocycles. The van der Waals surface area contributed by atoms with Crippen molar-refractivity contribution in [1.82, 2.24) is 10.2 Å². The molecule has 1 N–H and O–H groups in total. The van der Waals surface area contributed by atoms with Crippen molar-refractivity contribution in [3.63, 3.8) is 0 Å². The molecule has 2 heteroatoms.